The van der Waals surface area contributed by atoms with Crippen molar-refractivity contribution in [2.75, 3.05) is 40.0 Å². The van der Waals surface area contributed by atoms with Crippen molar-refractivity contribution in [3.63, 3.8) is 0 Å². The summed E-state index contributed by atoms with van der Waals surface area (Å²) in [5.41, 5.74) is 1.26. The third-order valence-electron chi connectivity index (χ3n) is 4.12. The van der Waals surface area contributed by atoms with Crippen molar-refractivity contribution in [1.82, 2.24) is 10.2 Å². The number of ether oxygens (including phenoxy) is 2. The molecule has 0 aliphatic carbocycles. The van der Waals surface area contributed by atoms with E-state index in [-0.39, 0.29) is 24.0 Å². The zero-order valence-electron chi connectivity index (χ0n) is 15.7. The van der Waals surface area contributed by atoms with Crippen LogP contribution in [0.15, 0.2) is 33.7 Å². The lowest BCUT2D eigenvalue weighted by Crippen LogP contribution is -2.38. The van der Waals surface area contributed by atoms with Crippen LogP contribution in [0, 0.1) is 0 Å². The third-order valence-corrected chi connectivity index (χ3v) is 4.64. The molecule has 1 aliphatic rings. The number of rotatable bonds is 8. The summed E-state index contributed by atoms with van der Waals surface area (Å²) in [6.07, 6.45) is 3.34. The molecule has 148 valence electrons. The van der Waals surface area contributed by atoms with Gasteiger partial charge >= 0.3 is 0 Å². The molecule has 5 nitrogen and oxygen atoms in total. The van der Waals surface area contributed by atoms with E-state index < -0.39 is 0 Å². The van der Waals surface area contributed by atoms with Gasteiger partial charge in [-0.25, -0.2) is 0 Å². The summed E-state index contributed by atoms with van der Waals surface area (Å²) < 4.78 is 12.4. The topological polar surface area (TPSA) is 46.1 Å². The van der Waals surface area contributed by atoms with Crippen LogP contribution in [0.1, 0.15) is 31.7 Å². The minimum atomic E-state index is 0. The summed E-state index contributed by atoms with van der Waals surface area (Å²) in [5, 5.41) is 3.36. The van der Waals surface area contributed by atoms with Crippen molar-refractivity contribution in [3.05, 3.63) is 34.3 Å². The van der Waals surface area contributed by atoms with Gasteiger partial charge in [-0.15, -0.1) is 24.0 Å². The Morgan fingerprint density at radius 3 is 2.65 bits per heavy atom. The summed E-state index contributed by atoms with van der Waals surface area (Å²) in [4.78, 5) is 6.89. The molecule has 0 amide bonds. The van der Waals surface area contributed by atoms with Crippen LogP contribution in [0.4, 0.5) is 0 Å². The minimum absolute atomic E-state index is 0. The Hall–Kier alpha value is -0.380. The average Bonchev–Trinajstić information content (AvgIpc) is 2.63. The molecule has 1 aliphatic heterocycles. The van der Waals surface area contributed by atoms with Crippen molar-refractivity contribution in [1.29, 1.82) is 0 Å². The second-order valence-electron chi connectivity index (χ2n) is 6.25. The summed E-state index contributed by atoms with van der Waals surface area (Å²) in [5.74, 6) is 0.941. The second-order valence-corrected chi connectivity index (χ2v) is 7.17. The first-order chi connectivity index (χ1) is 12.2. The highest BCUT2D eigenvalue weighted by molar-refractivity contribution is 14.0. The lowest BCUT2D eigenvalue weighted by Gasteiger charge is -2.23. The van der Waals surface area contributed by atoms with E-state index in [1.54, 1.807) is 0 Å². The number of hydrogen-bond acceptors (Lipinski definition) is 3. The molecule has 1 N–H and O–H groups in total. The molecule has 1 aromatic rings. The van der Waals surface area contributed by atoms with E-state index in [0.717, 1.165) is 69.1 Å². The molecule has 0 bridgehead atoms. The van der Waals surface area contributed by atoms with Gasteiger partial charge in [0.05, 0.1) is 6.10 Å². The van der Waals surface area contributed by atoms with E-state index in [1.165, 1.54) is 5.56 Å². The molecular formula is C19H31BrIN3O2. The Labute approximate surface area is 183 Å². The highest BCUT2D eigenvalue weighted by Crippen LogP contribution is 2.12. The number of halogens is 2. The fourth-order valence-corrected chi connectivity index (χ4v) is 3.01. The Morgan fingerprint density at radius 1 is 1.31 bits per heavy atom. The fourth-order valence-electron chi connectivity index (χ4n) is 2.75. The zero-order chi connectivity index (χ0) is 17.9. The number of benzene rings is 1. The Balaban J connectivity index is 0.00000338. The second kappa shape index (κ2) is 13.7. The monoisotopic (exact) mass is 539 g/mol. The van der Waals surface area contributed by atoms with E-state index in [4.69, 9.17) is 14.5 Å². The van der Waals surface area contributed by atoms with Gasteiger partial charge in [0.15, 0.2) is 5.96 Å². The Bertz CT molecular complexity index is 522. The van der Waals surface area contributed by atoms with Gasteiger partial charge in [0, 0.05) is 51.0 Å². The molecule has 1 fully saturated rings. The van der Waals surface area contributed by atoms with Crippen molar-refractivity contribution in [3.8, 4) is 0 Å². The number of aliphatic imine (C=N–C) groups is 1. The predicted molar refractivity (Wildman–Crippen MR) is 121 cm³/mol. The molecule has 1 heterocycles. The van der Waals surface area contributed by atoms with E-state index in [0.29, 0.717) is 6.10 Å². The molecule has 0 unspecified atom stereocenters. The normalized spacial score (nSPS) is 15.4. The van der Waals surface area contributed by atoms with E-state index in [1.807, 2.05) is 0 Å². The van der Waals surface area contributed by atoms with Gasteiger partial charge < -0.3 is 19.7 Å². The SMILES string of the molecule is CCNC(=NCCCOC1CCOCC1)N(C)Cc1ccc(Br)cc1.I. The van der Waals surface area contributed by atoms with Crippen molar-refractivity contribution in [2.45, 2.75) is 38.8 Å². The summed E-state index contributed by atoms with van der Waals surface area (Å²) in [6, 6.07) is 8.40. The smallest absolute Gasteiger partial charge is 0.193 e. The number of guanidine groups is 1. The number of nitrogens with zero attached hydrogens (tertiary/aromatic N) is 2. The number of nitrogens with one attached hydrogen (secondary N) is 1. The summed E-state index contributed by atoms with van der Waals surface area (Å²) in [6.45, 7) is 6.99. The molecular weight excluding hydrogens is 509 g/mol. The molecule has 26 heavy (non-hydrogen) atoms. The predicted octanol–water partition coefficient (Wildman–Crippen LogP) is 4.05. The average molecular weight is 540 g/mol. The van der Waals surface area contributed by atoms with Crippen molar-refractivity contribution >= 4 is 45.9 Å². The lowest BCUT2D eigenvalue weighted by atomic mass is 10.1. The summed E-state index contributed by atoms with van der Waals surface area (Å²) in [7, 11) is 2.07. The molecule has 2 rings (SSSR count). The van der Waals surface area contributed by atoms with E-state index in [9.17, 15) is 0 Å². The summed E-state index contributed by atoms with van der Waals surface area (Å²) >= 11 is 3.47. The minimum Gasteiger partial charge on any atom is -0.381 e. The van der Waals surface area contributed by atoms with Crippen LogP contribution in [-0.2, 0) is 16.0 Å². The van der Waals surface area contributed by atoms with Crippen molar-refractivity contribution < 1.29 is 9.47 Å². The lowest BCUT2D eigenvalue weighted by molar-refractivity contribution is -0.0318. The van der Waals surface area contributed by atoms with Crippen LogP contribution < -0.4 is 5.32 Å². The molecule has 1 saturated heterocycles. The molecule has 0 atom stereocenters. The molecule has 1 aromatic carbocycles. The third kappa shape index (κ3) is 9.01. The van der Waals surface area contributed by atoms with E-state index in [2.05, 4.69) is 64.4 Å². The van der Waals surface area contributed by atoms with Crippen LogP contribution in [0.5, 0.6) is 0 Å². The molecule has 7 heteroatoms. The van der Waals surface area contributed by atoms with Crippen LogP contribution in [0.25, 0.3) is 0 Å². The molecule has 0 radical (unpaired) electrons. The van der Waals surface area contributed by atoms with Gasteiger partial charge in [-0.1, -0.05) is 28.1 Å². The van der Waals surface area contributed by atoms with Gasteiger partial charge in [-0.05, 0) is 43.9 Å². The van der Waals surface area contributed by atoms with Crippen LogP contribution in [0.3, 0.4) is 0 Å². The highest BCUT2D eigenvalue weighted by atomic mass is 127. The molecule has 0 saturated carbocycles. The fraction of sp³-hybridized carbons (Fsp3) is 0.632. The van der Waals surface area contributed by atoms with Crippen LogP contribution >= 0.6 is 39.9 Å². The van der Waals surface area contributed by atoms with Crippen LogP contribution in [0.2, 0.25) is 0 Å². The largest absolute Gasteiger partial charge is 0.381 e. The zero-order valence-corrected chi connectivity index (χ0v) is 19.7. The van der Waals surface area contributed by atoms with Gasteiger partial charge in [0.2, 0.25) is 0 Å². The first kappa shape index (κ1) is 23.7. The van der Waals surface area contributed by atoms with E-state index >= 15 is 0 Å². The standard InChI is InChI=1S/C19H30BrN3O2.HI/c1-3-21-19(23(2)15-16-5-7-17(20)8-6-16)22-11-4-12-25-18-9-13-24-14-10-18;/h5-8,18H,3-4,9-15H2,1-2H3,(H,21,22);1H. The van der Waals surface area contributed by atoms with Gasteiger partial charge in [0.1, 0.15) is 0 Å². The first-order valence-corrected chi connectivity index (χ1v) is 9.91. The Morgan fingerprint density at radius 2 is 2.00 bits per heavy atom. The van der Waals surface area contributed by atoms with Crippen LogP contribution in [-0.4, -0.2) is 56.9 Å². The highest BCUT2D eigenvalue weighted by Gasteiger charge is 2.13. The Kier molecular flexibility index (Phi) is 12.5. The molecule has 0 aromatic heterocycles. The maximum absolute atomic E-state index is 5.90. The number of hydrogen-bond donors (Lipinski definition) is 1. The van der Waals surface area contributed by atoms with Crippen molar-refractivity contribution in [2.24, 2.45) is 4.99 Å². The maximum atomic E-state index is 5.90. The van der Waals surface area contributed by atoms with Gasteiger partial charge in [-0.3, -0.25) is 4.99 Å². The quantitative estimate of drug-likeness (QED) is 0.234. The maximum Gasteiger partial charge on any atom is 0.193 e. The molecule has 0 spiro atoms. The van der Waals surface area contributed by atoms with Gasteiger partial charge in [-0.2, -0.15) is 0 Å². The first-order valence-electron chi connectivity index (χ1n) is 9.12. The van der Waals surface area contributed by atoms with Gasteiger partial charge in [0.25, 0.3) is 0 Å².